The summed E-state index contributed by atoms with van der Waals surface area (Å²) in [7, 11) is 1.67. The number of ether oxygens (including phenoxy) is 2. The smallest absolute Gasteiger partial charge is 0.188 e. The Labute approximate surface area is 134 Å². The van der Waals surface area contributed by atoms with Gasteiger partial charge in [-0.2, -0.15) is 0 Å². The van der Waals surface area contributed by atoms with Crippen molar-refractivity contribution in [2.45, 2.75) is 45.4 Å². The Hall–Kier alpha value is -1.02. The summed E-state index contributed by atoms with van der Waals surface area (Å²) in [4.78, 5) is 0. The highest BCUT2D eigenvalue weighted by Crippen LogP contribution is 2.60. The van der Waals surface area contributed by atoms with Crippen LogP contribution in [0.15, 0.2) is 35.6 Å². The van der Waals surface area contributed by atoms with Crippen molar-refractivity contribution in [1.82, 2.24) is 0 Å². The third kappa shape index (κ3) is 2.27. The number of rotatable bonds is 3. The Kier molecular flexibility index (Phi) is 3.68. The van der Waals surface area contributed by atoms with E-state index in [9.17, 15) is 0 Å². The van der Waals surface area contributed by atoms with Crippen molar-refractivity contribution in [3.63, 3.8) is 0 Å². The fourth-order valence-corrected chi connectivity index (χ4v) is 5.79. The van der Waals surface area contributed by atoms with Crippen molar-refractivity contribution in [2.75, 3.05) is 13.9 Å². The zero-order valence-electron chi connectivity index (χ0n) is 13.9. The lowest BCUT2D eigenvalue weighted by Gasteiger charge is -2.50. The van der Waals surface area contributed by atoms with Crippen LogP contribution in [0.1, 0.15) is 45.4 Å². The molecule has 0 aromatic rings. The van der Waals surface area contributed by atoms with E-state index in [2.05, 4.69) is 31.2 Å². The number of hydrogen-bond donors (Lipinski definition) is 0. The zero-order valence-corrected chi connectivity index (χ0v) is 13.9. The van der Waals surface area contributed by atoms with Crippen molar-refractivity contribution >= 4 is 0 Å². The van der Waals surface area contributed by atoms with E-state index in [1.807, 2.05) is 0 Å². The van der Waals surface area contributed by atoms with Gasteiger partial charge in [-0.1, -0.05) is 25.5 Å². The van der Waals surface area contributed by atoms with Gasteiger partial charge in [0.05, 0.1) is 0 Å². The van der Waals surface area contributed by atoms with Crippen LogP contribution in [0.5, 0.6) is 0 Å². The largest absolute Gasteiger partial charge is 0.468 e. The van der Waals surface area contributed by atoms with E-state index in [0.717, 1.165) is 23.5 Å². The van der Waals surface area contributed by atoms with Crippen molar-refractivity contribution in [2.24, 2.45) is 29.1 Å². The third-order valence-corrected chi connectivity index (χ3v) is 6.87. The minimum Gasteiger partial charge on any atom is -0.468 e. The second-order valence-electron chi connectivity index (χ2n) is 7.94. The van der Waals surface area contributed by atoms with E-state index >= 15 is 0 Å². The predicted molar refractivity (Wildman–Crippen MR) is 88.0 cm³/mol. The summed E-state index contributed by atoms with van der Waals surface area (Å²) in [5.41, 5.74) is 2.13. The molecule has 2 nitrogen and oxygen atoms in total. The van der Waals surface area contributed by atoms with Crippen LogP contribution < -0.4 is 0 Å². The molecule has 4 rings (SSSR count). The molecule has 0 aromatic carbocycles. The molecule has 0 aromatic heterocycles. The monoisotopic (exact) mass is 300 g/mol. The molecule has 0 spiro atoms. The summed E-state index contributed by atoms with van der Waals surface area (Å²) in [5, 5.41) is 0. The Morgan fingerprint density at radius 3 is 3.00 bits per heavy atom. The van der Waals surface area contributed by atoms with Gasteiger partial charge in [0.1, 0.15) is 5.76 Å². The Morgan fingerprint density at radius 2 is 2.14 bits per heavy atom. The first kappa shape index (κ1) is 14.6. The Balaban J connectivity index is 1.56. The fraction of sp³-hybridized carbons (Fsp3) is 0.700. The van der Waals surface area contributed by atoms with E-state index in [1.54, 1.807) is 7.11 Å². The van der Waals surface area contributed by atoms with Gasteiger partial charge in [0.15, 0.2) is 6.79 Å². The first-order valence-corrected chi connectivity index (χ1v) is 8.93. The molecular formula is C20H28O2. The molecule has 0 bridgehead atoms. The highest BCUT2D eigenvalue weighted by atomic mass is 16.7. The number of allylic oxidation sites excluding steroid dienone is 5. The lowest BCUT2D eigenvalue weighted by atomic mass is 9.54. The molecule has 5 atom stereocenters. The molecular weight excluding hydrogens is 272 g/mol. The molecule has 4 unspecified atom stereocenters. The standard InChI is InChI=1S/C20H28O2/c1-20-10-3-4-19(20)18-7-5-14-12-15(22-13-21-2)6-8-16(14)17(18)9-11-20/h5-6,8,12,16-19H,3-4,7,9-11,13H2,1-2H3/t16?,17?,18?,19?,20-/m0/s1. The summed E-state index contributed by atoms with van der Waals surface area (Å²) < 4.78 is 10.6. The number of fused-ring (bicyclic) bond motifs is 5. The van der Waals surface area contributed by atoms with Crippen LogP contribution in [0.2, 0.25) is 0 Å². The van der Waals surface area contributed by atoms with Crippen LogP contribution in [0.3, 0.4) is 0 Å². The average molecular weight is 300 g/mol. The molecule has 0 heterocycles. The lowest BCUT2D eigenvalue weighted by molar-refractivity contribution is 0.00789. The Morgan fingerprint density at radius 1 is 1.23 bits per heavy atom. The van der Waals surface area contributed by atoms with Gasteiger partial charge < -0.3 is 9.47 Å². The van der Waals surface area contributed by atoms with E-state index < -0.39 is 0 Å². The molecule has 0 radical (unpaired) electrons. The molecule has 0 aliphatic heterocycles. The topological polar surface area (TPSA) is 18.5 Å². The van der Waals surface area contributed by atoms with E-state index in [0.29, 0.717) is 18.1 Å². The summed E-state index contributed by atoms with van der Waals surface area (Å²) in [5.74, 6) is 4.30. The zero-order chi connectivity index (χ0) is 15.2. The van der Waals surface area contributed by atoms with Crippen molar-refractivity contribution in [3.8, 4) is 0 Å². The van der Waals surface area contributed by atoms with Crippen LogP contribution in [0.4, 0.5) is 0 Å². The van der Waals surface area contributed by atoms with E-state index in [1.165, 1.54) is 44.1 Å². The summed E-state index contributed by atoms with van der Waals surface area (Å²) in [6, 6.07) is 0. The highest BCUT2D eigenvalue weighted by molar-refractivity contribution is 5.39. The summed E-state index contributed by atoms with van der Waals surface area (Å²) in [6.07, 6.45) is 17.8. The van der Waals surface area contributed by atoms with Crippen LogP contribution in [0.25, 0.3) is 0 Å². The molecule has 0 saturated heterocycles. The lowest BCUT2D eigenvalue weighted by Crippen LogP contribution is -2.42. The normalized spacial score (nSPS) is 42.8. The van der Waals surface area contributed by atoms with Crippen LogP contribution in [-0.2, 0) is 9.47 Å². The van der Waals surface area contributed by atoms with Crippen molar-refractivity contribution in [3.05, 3.63) is 35.6 Å². The minimum atomic E-state index is 0.334. The maximum atomic E-state index is 5.61. The molecule has 4 aliphatic carbocycles. The third-order valence-electron chi connectivity index (χ3n) is 6.87. The average Bonchev–Trinajstić information content (AvgIpc) is 2.94. The van der Waals surface area contributed by atoms with Gasteiger partial charge in [0.25, 0.3) is 0 Å². The second kappa shape index (κ2) is 5.56. The van der Waals surface area contributed by atoms with Gasteiger partial charge in [0, 0.05) is 13.0 Å². The molecule has 2 fully saturated rings. The van der Waals surface area contributed by atoms with Gasteiger partial charge >= 0.3 is 0 Å². The second-order valence-corrected chi connectivity index (χ2v) is 7.94. The van der Waals surface area contributed by atoms with Crippen LogP contribution >= 0.6 is 0 Å². The number of methoxy groups -OCH3 is 1. The fourth-order valence-electron chi connectivity index (χ4n) is 5.79. The molecule has 2 saturated carbocycles. The predicted octanol–water partition coefficient (Wildman–Crippen LogP) is 4.84. The Bertz CT molecular complexity index is 530. The van der Waals surface area contributed by atoms with Gasteiger partial charge in [-0.3, -0.25) is 0 Å². The van der Waals surface area contributed by atoms with Crippen LogP contribution in [0, 0.1) is 29.1 Å². The maximum Gasteiger partial charge on any atom is 0.188 e. The van der Waals surface area contributed by atoms with Crippen molar-refractivity contribution in [1.29, 1.82) is 0 Å². The van der Waals surface area contributed by atoms with E-state index in [4.69, 9.17) is 9.47 Å². The van der Waals surface area contributed by atoms with Gasteiger partial charge in [-0.25, -0.2) is 0 Å². The van der Waals surface area contributed by atoms with Crippen LogP contribution in [-0.4, -0.2) is 13.9 Å². The minimum absolute atomic E-state index is 0.334. The molecule has 0 amide bonds. The number of hydrogen-bond acceptors (Lipinski definition) is 2. The highest BCUT2D eigenvalue weighted by Gasteiger charge is 2.51. The SMILES string of the molecule is COCOC1=CC2=CCC3C(CC[C@]4(C)CCCC34)C2C=C1. The first-order chi connectivity index (χ1) is 10.7. The summed E-state index contributed by atoms with van der Waals surface area (Å²) >= 11 is 0. The molecule has 2 heteroatoms. The van der Waals surface area contributed by atoms with Gasteiger partial charge in [-0.05, 0) is 73.0 Å². The molecule has 120 valence electrons. The maximum absolute atomic E-state index is 5.61. The quantitative estimate of drug-likeness (QED) is 0.694. The van der Waals surface area contributed by atoms with Gasteiger partial charge in [-0.15, -0.1) is 0 Å². The first-order valence-electron chi connectivity index (χ1n) is 8.93. The molecule has 4 aliphatic rings. The summed E-state index contributed by atoms with van der Waals surface area (Å²) in [6.45, 7) is 2.90. The van der Waals surface area contributed by atoms with E-state index in [-0.39, 0.29) is 0 Å². The molecule has 0 N–H and O–H groups in total. The van der Waals surface area contributed by atoms with Crippen molar-refractivity contribution < 1.29 is 9.47 Å². The van der Waals surface area contributed by atoms with Gasteiger partial charge in [0.2, 0.25) is 0 Å². The molecule has 22 heavy (non-hydrogen) atoms.